The van der Waals surface area contributed by atoms with E-state index in [2.05, 4.69) is 15.4 Å². The Balaban J connectivity index is 1.38. The van der Waals surface area contributed by atoms with Crippen molar-refractivity contribution in [3.63, 3.8) is 0 Å². The van der Waals surface area contributed by atoms with Crippen molar-refractivity contribution in [1.82, 2.24) is 20.1 Å². The number of nitrogens with zero attached hydrogens (tertiary/aromatic N) is 3. The Kier molecular flexibility index (Phi) is 7.98. The standard InChI is InChI=1S/C31H29Cl2F2N5O4/c1-2-44-29-15(10-26(36)41)9-25(38-28(29)20-11-21(32)24(35)12-23(20)34)31(43,18-3-4-18)14-37-30(42)16-7-17-13-40(19-5-6-19)39-27(17)22(33)8-16/h7-9,11-13,18-19,43H,2-6,10,14H2,1H3,(H2,36,41)(H,37,42)/t31-/m1/s1. The second-order valence-corrected chi connectivity index (χ2v) is 12.1. The van der Waals surface area contributed by atoms with Crippen LogP contribution >= 0.6 is 23.2 Å². The highest BCUT2D eigenvalue weighted by atomic mass is 35.5. The van der Waals surface area contributed by atoms with E-state index in [-0.39, 0.29) is 64.3 Å². The van der Waals surface area contributed by atoms with Crippen molar-refractivity contribution in [3.05, 3.63) is 75.0 Å². The van der Waals surface area contributed by atoms with Crippen LogP contribution in [0.1, 0.15) is 60.3 Å². The van der Waals surface area contributed by atoms with Gasteiger partial charge in [-0.05, 0) is 62.8 Å². The van der Waals surface area contributed by atoms with Crippen LogP contribution in [0.3, 0.4) is 0 Å². The summed E-state index contributed by atoms with van der Waals surface area (Å²) in [6.07, 6.45) is 4.91. The maximum atomic E-state index is 15.1. The first kappa shape index (κ1) is 30.2. The van der Waals surface area contributed by atoms with Gasteiger partial charge in [0.25, 0.3) is 5.91 Å². The summed E-state index contributed by atoms with van der Waals surface area (Å²) >= 11 is 12.5. The van der Waals surface area contributed by atoms with Gasteiger partial charge in [-0.1, -0.05) is 23.2 Å². The van der Waals surface area contributed by atoms with Gasteiger partial charge in [0.05, 0.1) is 41.4 Å². The minimum atomic E-state index is -1.72. The number of nitrogens with two attached hydrogens (primary N) is 1. The van der Waals surface area contributed by atoms with Crippen LogP contribution in [0, 0.1) is 17.6 Å². The molecular weight excluding hydrogens is 615 g/mol. The highest BCUT2D eigenvalue weighted by Gasteiger charge is 2.47. The molecule has 0 bridgehead atoms. The molecule has 2 aromatic carbocycles. The molecule has 2 fully saturated rings. The van der Waals surface area contributed by atoms with Crippen molar-refractivity contribution >= 4 is 45.9 Å². The lowest BCUT2D eigenvalue weighted by molar-refractivity contribution is -0.117. The molecule has 2 saturated carbocycles. The summed E-state index contributed by atoms with van der Waals surface area (Å²) in [4.78, 5) is 30.0. The molecule has 2 heterocycles. The Morgan fingerprint density at radius 2 is 1.86 bits per heavy atom. The molecule has 230 valence electrons. The van der Waals surface area contributed by atoms with Crippen molar-refractivity contribution in [2.45, 2.75) is 50.7 Å². The number of aliphatic hydroxyl groups is 1. The van der Waals surface area contributed by atoms with Gasteiger partial charge in [0.1, 0.15) is 34.2 Å². The molecule has 2 amide bonds. The molecule has 0 unspecified atom stereocenters. The normalized spacial score (nSPS) is 16.1. The molecular formula is C31H29Cl2F2N5O4. The average Bonchev–Trinajstić information content (AvgIpc) is 3.91. The third-order valence-electron chi connectivity index (χ3n) is 7.95. The van der Waals surface area contributed by atoms with Crippen molar-refractivity contribution in [1.29, 1.82) is 0 Å². The number of hydrogen-bond donors (Lipinski definition) is 3. The summed E-state index contributed by atoms with van der Waals surface area (Å²) in [5.74, 6) is -3.36. The third kappa shape index (κ3) is 5.83. The van der Waals surface area contributed by atoms with Crippen LogP contribution < -0.4 is 15.8 Å². The highest BCUT2D eigenvalue weighted by Crippen LogP contribution is 2.47. The van der Waals surface area contributed by atoms with Crippen molar-refractivity contribution < 1.29 is 28.2 Å². The van der Waals surface area contributed by atoms with E-state index in [0.29, 0.717) is 35.5 Å². The molecule has 0 spiro atoms. The van der Waals surface area contributed by atoms with Gasteiger partial charge in [0.15, 0.2) is 0 Å². The van der Waals surface area contributed by atoms with E-state index in [1.54, 1.807) is 13.0 Å². The van der Waals surface area contributed by atoms with Crippen molar-refractivity contribution in [2.24, 2.45) is 11.7 Å². The fourth-order valence-corrected chi connectivity index (χ4v) is 5.84. The van der Waals surface area contributed by atoms with E-state index >= 15 is 4.39 Å². The second kappa shape index (κ2) is 11.6. The largest absolute Gasteiger partial charge is 0.491 e. The topological polar surface area (TPSA) is 132 Å². The zero-order chi connectivity index (χ0) is 31.3. The molecule has 6 rings (SSSR count). The Bertz CT molecular complexity index is 1810. The van der Waals surface area contributed by atoms with E-state index in [9.17, 15) is 19.1 Å². The van der Waals surface area contributed by atoms with Crippen LogP contribution in [0.4, 0.5) is 8.78 Å². The average molecular weight is 645 g/mol. The lowest BCUT2D eigenvalue weighted by atomic mass is 9.90. The summed E-state index contributed by atoms with van der Waals surface area (Å²) in [7, 11) is 0. The number of carbonyl (C=O) groups excluding carboxylic acids is 2. The number of hydrogen-bond acceptors (Lipinski definition) is 6. The number of nitrogens with one attached hydrogen (secondary N) is 1. The first-order valence-corrected chi connectivity index (χ1v) is 15.0. The zero-order valence-corrected chi connectivity index (χ0v) is 25.2. The minimum absolute atomic E-state index is 0.0495. The second-order valence-electron chi connectivity index (χ2n) is 11.3. The number of fused-ring (bicyclic) bond motifs is 1. The lowest BCUT2D eigenvalue weighted by Gasteiger charge is -2.30. The maximum absolute atomic E-state index is 15.1. The van der Waals surface area contributed by atoms with Crippen molar-refractivity contribution in [3.8, 4) is 17.0 Å². The molecule has 13 heteroatoms. The van der Waals surface area contributed by atoms with Gasteiger partial charge in [0, 0.05) is 34.3 Å². The molecule has 2 aromatic heterocycles. The summed E-state index contributed by atoms with van der Waals surface area (Å²) in [5.41, 5.74) is 4.73. The van der Waals surface area contributed by atoms with Crippen LogP contribution in [-0.4, -0.2) is 44.8 Å². The quantitative estimate of drug-likeness (QED) is 0.186. The van der Waals surface area contributed by atoms with Crippen LogP contribution in [0.25, 0.3) is 22.2 Å². The molecule has 4 aromatic rings. The maximum Gasteiger partial charge on any atom is 0.251 e. The predicted octanol–water partition coefficient (Wildman–Crippen LogP) is 5.47. The molecule has 2 aliphatic rings. The lowest BCUT2D eigenvalue weighted by Crippen LogP contribution is -2.43. The molecule has 1 atom stereocenters. The van der Waals surface area contributed by atoms with Crippen LogP contribution in [0.5, 0.6) is 5.75 Å². The van der Waals surface area contributed by atoms with E-state index in [1.807, 2.05) is 10.9 Å². The van der Waals surface area contributed by atoms with E-state index in [1.165, 1.54) is 12.1 Å². The van der Waals surface area contributed by atoms with Crippen LogP contribution in [0.2, 0.25) is 10.0 Å². The summed E-state index contributed by atoms with van der Waals surface area (Å²) in [6, 6.07) is 6.73. The Morgan fingerprint density at radius 3 is 2.52 bits per heavy atom. The molecule has 0 aliphatic heterocycles. The number of benzene rings is 2. The fourth-order valence-electron chi connectivity index (χ4n) is 5.41. The SMILES string of the molecule is CCOc1c(CC(N)=O)cc([C@@](O)(CNC(=O)c2cc(Cl)c3nn(C4CC4)cc3c2)C2CC2)nc1-c1cc(Cl)c(F)cc1F. The van der Waals surface area contributed by atoms with Gasteiger partial charge >= 0.3 is 0 Å². The summed E-state index contributed by atoms with van der Waals surface area (Å²) < 4.78 is 36.8. The Labute approximate surface area is 261 Å². The van der Waals surface area contributed by atoms with Gasteiger partial charge in [-0.3, -0.25) is 14.3 Å². The van der Waals surface area contributed by atoms with Crippen LogP contribution in [-0.2, 0) is 16.8 Å². The molecule has 2 aliphatic carbocycles. The van der Waals surface area contributed by atoms with Gasteiger partial charge in [-0.15, -0.1) is 0 Å². The van der Waals surface area contributed by atoms with Gasteiger partial charge in [-0.2, -0.15) is 5.10 Å². The van der Waals surface area contributed by atoms with Crippen molar-refractivity contribution in [2.75, 3.05) is 13.2 Å². The van der Waals surface area contributed by atoms with E-state index in [4.69, 9.17) is 33.7 Å². The monoisotopic (exact) mass is 643 g/mol. The van der Waals surface area contributed by atoms with Gasteiger partial charge in [-0.25, -0.2) is 13.8 Å². The molecule has 0 saturated heterocycles. The number of pyridine rings is 1. The minimum Gasteiger partial charge on any atom is -0.491 e. The smallest absolute Gasteiger partial charge is 0.251 e. The van der Waals surface area contributed by atoms with Gasteiger partial charge in [0.2, 0.25) is 5.91 Å². The fraction of sp³-hybridized carbons (Fsp3) is 0.355. The first-order chi connectivity index (χ1) is 21.0. The zero-order valence-electron chi connectivity index (χ0n) is 23.7. The third-order valence-corrected chi connectivity index (χ3v) is 8.52. The molecule has 44 heavy (non-hydrogen) atoms. The number of rotatable bonds is 11. The number of halogens is 4. The molecule has 4 N–H and O–H groups in total. The summed E-state index contributed by atoms with van der Waals surface area (Å²) in [5, 5.41) is 20.1. The Morgan fingerprint density at radius 1 is 1.11 bits per heavy atom. The number of ether oxygens (including phenoxy) is 1. The van der Waals surface area contributed by atoms with E-state index in [0.717, 1.165) is 24.3 Å². The number of amides is 2. The summed E-state index contributed by atoms with van der Waals surface area (Å²) in [6.45, 7) is 1.57. The number of carbonyl (C=O) groups is 2. The van der Waals surface area contributed by atoms with E-state index < -0.39 is 29.0 Å². The van der Waals surface area contributed by atoms with Crippen LogP contribution in [0.15, 0.2) is 36.5 Å². The molecule has 0 radical (unpaired) electrons. The van der Waals surface area contributed by atoms with Gasteiger partial charge < -0.3 is 20.9 Å². The molecule has 9 nitrogen and oxygen atoms in total. The number of aromatic nitrogens is 3. The Hall–Kier alpha value is -3.80. The predicted molar refractivity (Wildman–Crippen MR) is 161 cm³/mol. The highest BCUT2D eigenvalue weighted by molar-refractivity contribution is 6.35. The first-order valence-electron chi connectivity index (χ1n) is 14.3. The number of primary amides is 1.